The van der Waals surface area contributed by atoms with Crippen molar-refractivity contribution in [2.45, 2.75) is 6.54 Å². The molecule has 0 fully saturated rings. The van der Waals surface area contributed by atoms with Crippen molar-refractivity contribution < 1.29 is 19.0 Å². The van der Waals surface area contributed by atoms with Crippen molar-refractivity contribution >= 4 is 34.0 Å². The predicted octanol–water partition coefficient (Wildman–Crippen LogP) is 6.11. The number of hydrogen-bond donors (Lipinski definition) is 2. The molecule has 0 saturated carbocycles. The third kappa shape index (κ3) is 6.27. The summed E-state index contributed by atoms with van der Waals surface area (Å²) in [7, 11) is 3.13. The SMILES string of the molecule is COc1cc2nccc(Oc3ccc(N(Cc4ccccc4)C(=O)c4c(Nc5ccncc5)cc[nH]c4=O)nc3)c2cc1OC. The van der Waals surface area contributed by atoms with Crippen LogP contribution >= 0.6 is 0 Å². The van der Waals surface area contributed by atoms with Crippen molar-refractivity contribution in [1.82, 2.24) is 19.9 Å². The zero-order valence-corrected chi connectivity index (χ0v) is 24.4. The minimum Gasteiger partial charge on any atom is -0.493 e. The number of aromatic nitrogens is 4. The zero-order chi connectivity index (χ0) is 31.2. The number of aromatic amines is 1. The van der Waals surface area contributed by atoms with Gasteiger partial charge in [0.15, 0.2) is 11.5 Å². The highest BCUT2D eigenvalue weighted by Gasteiger charge is 2.25. The summed E-state index contributed by atoms with van der Waals surface area (Å²) in [4.78, 5) is 44.4. The monoisotopic (exact) mass is 600 g/mol. The molecule has 4 aromatic heterocycles. The summed E-state index contributed by atoms with van der Waals surface area (Å²) in [5.74, 6) is 1.88. The van der Waals surface area contributed by atoms with Crippen molar-refractivity contribution in [3.63, 3.8) is 0 Å². The highest BCUT2D eigenvalue weighted by Crippen LogP contribution is 2.37. The molecule has 0 atom stereocenters. The second kappa shape index (κ2) is 13.0. The van der Waals surface area contributed by atoms with E-state index < -0.39 is 11.5 Å². The van der Waals surface area contributed by atoms with Crippen molar-refractivity contribution in [3.8, 4) is 23.0 Å². The molecule has 224 valence electrons. The Balaban J connectivity index is 1.34. The van der Waals surface area contributed by atoms with E-state index in [9.17, 15) is 9.59 Å². The Hall–Kier alpha value is -6.23. The van der Waals surface area contributed by atoms with Gasteiger partial charge in [-0.15, -0.1) is 0 Å². The van der Waals surface area contributed by atoms with E-state index >= 15 is 0 Å². The summed E-state index contributed by atoms with van der Waals surface area (Å²) < 4.78 is 17.1. The molecule has 0 spiro atoms. The Labute approximate surface area is 258 Å². The lowest BCUT2D eigenvalue weighted by Crippen LogP contribution is -2.35. The number of ether oxygens (including phenoxy) is 3. The second-order valence-electron chi connectivity index (χ2n) is 9.82. The predicted molar refractivity (Wildman–Crippen MR) is 171 cm³/mol. The van der Waals surface area contributed by atoms with E-state index in [1.54, 1.807) is 81.3 Å². The van der Waals surface area contributed by atoms with Gasteiger partial charge in [0, 0.05) is 41.9 Å². The molecule has 2 N–H and O–H groups in total. The number of nitrogens with one attached hydrogen (secondary N) is 2. The summed E-state index contributed by atoms with van der Waals surface area (Å²) in [6, 6.07) is 23.3. The molecule has 0 unspecified atom stereocenters. The zero-order valence-electron chi connectivity index (χ0n) is 24.4. The maximum Gasteiger partial charge on any atom is 0.267 e. The minimum absolute atomic E-state index is 0.0556. The molecular weight excluding hydrogens is 572 g/mol. The number of carbonyl (C=O) groups excluding carboxylic acids is 1. The van der Waals surface area contributed by atoms with E-state index in [-0.39, 0.29) is 12.1 Å². The first-order valence-corrected chi connectivity index (χ1v) is 13.9. The van der Waals surface area contributed by atoms with E-state index in [1.807, 2.05) is 30.3 Å². The topological polar surface area (TPSA) is 132 Å². The Morgan fingerprint density at radius 1 is 0.867 bits per heavy atom. The van der Waals surface area contributed by atoms with Crippen LogP contribution in [0.15, 0.2) is 115 Å². The average Bonchev–Trinajstić information content (AvgIpc) is 3.08. The Morgan fingerprint density at radius 2 is 1.64 bits per heavy atom. The van der Waals surface area contributed by atoms with Crippen LogP contribution in [-0.4, -0.2) is 40.1 Å². The standard InChI is InChI=1S/C34H28N6O5/c1-43-29-18-25-27(19-30(29)44-2)36-17-13-28(25)45-24-8-9-31(38-20-24)40(21-22-6-4-3-5-7-22)34(42)32-26(12-16-37-33(32)41)39-23-10-14-35-15-11-23/h3-20H,21H2,1-2H3,(H2,35,37,39,41). The number of nitrogens with zero attached hydrogens (tertiary/aromatic N) is 4. The first-order chi connectivity index (χ1) is 22.0. The third-order valence-electron chi connectivity index (χ3n) is 6.99. The van der Waals surface area contributed by atoms with Crippen molar-refractivity contribution in [3.05, 3.63) is 131 Å². The van der Waals surface area contributed by atoms with Gasteiger partial charge in [-0.05, 0) is 48.0 Å². The molecule has 0 radical (unpaired) electrons. The van der Waals surface area contributed by atoms with Gasteiger partial charge in [-0.3, -0.25) is 24.5 Å². The molecule has 6 aromatic rings. The number of rotatable bonds is 10. The van der Waals surface area contributed by atoms with Crippen LogP contribution in [0.3, 0.4) is 0 Å². The van der Waals surface area contributed by atoms with Crippen LogP contribution in [0.1, 0.15) is 15.9 Å². The molecule has 45 heavy (non-hydrogen) atoms. The first kappa shape index (κ1) is 28.9. The number of fused-ring (bicyclic) bond motifs is 1. The maximum absolute atomic E-state index is 14.2. The average molecular weight is 601 g/mol. The van der Waals surface area contributed by atoms with Crippen LogP contribution in [0.5, 0.6) is 23.0 Å². The maximum atomic E-state index is 14.2. The number of pyridine rings is 4. The summed E-state index contributed by atoms with van der Waals surface area (Å²) in [5, 5.41) is 3.88. The van der Waals surface area contributed by atoms with Gasteiger partial charge in [-0.25, -0.2) is 4.98 Å². The van der Waals surface area contributed by atoms with E-state index in [4.69, 9.17) is 14.2 Å². The molecule has 0 bridgehead atoms. The van der Waals surface area contributed by atoms with E-state index in [1.165, 1.54) is 17.3 Å². The van der Waals surface area contributed by atoms with E-state index in [0.29, 0.717) is 45.7 Å². The number of benzene rings is 2. The number of anilines is 3. The van der Waals surface area contributed by atoms with Gasteiger partial charge in [-0.1, -0.05) is 30.3 Å². The van der Waals surface area contributed by atoms with Crippen LogP contribution in [0.4, 0.5) is 17.2 Å². The Bertz CT molecular complexity index is 2000. The summed E-state index contributed by atoms with van der Waals surface area (Å²) in [5.41, 5.74) is 1.96. The summed E-state index contributed by atoms with van der Waals surface area (Å²) in [6.45, 7) is 0.173. The smallest absolute Gasteiger partial charge is 0.267 e. The van der Waals surface area contributed by atoms with Gasteiger partial charge in [0.05, 0.1) is 38.2 Å². The number of carbonyl (C=O) groups is 1. The summed E-state index contributed by atoms with van der Waals surface area (Å²) >= 11 is 0. The lowest BCUT2D eigenvalue weighted by molar-refractivity contribution is 0.0983. The largest absolute Gasteiger partial charge is 0.493 e. The second-order valence-corrected chi connectivity index (χ2v) is 9.82. The van der Waals surface area contributed by atoms with Gasteiger partial charge in [-0.2, -0.15) is 0 Å². The van der Waals surface area contributed by atoms with Crippen LogP contribution in [0.25, 0.3) is 10.9 Å². The Morgan fingerprint density at radius 3 is 2.38 bits per heavy atom. The quantitative estimate of drug-likeness (QED) is 0.191. The number of H-pyrrole nitrogens is 1. The third-order valence-corrected chi connectivity index (χ3v) is 6.99. The molecular formula is C34H28N6O5. The minimum atomic E-state index is -0.534. The van der Waals surface area contributed by atoms with Crippen molar-refractivity contribution in [2.24, 2.45) is 0 Å². The normalized spacial score (nSPS) is 10.7. The van der Waals surface area contributed by atoms with Crippen LogP contribution < -0.4 is 30.0 Å². The number of amides is 1. The van der Waals surface area contributed by atoms with Gasteiger partial charge in [0.2, 0.25) is 0 Å². The molecule has 1 amide bonds. The lowest BCUT2D eigenvalue weighted by atomic mass is 10.1. The van der Waals surface area contributed by atoms with Gasteiger partial charge >= 0.3 is 0 Å². The molecule has 11 nitrogen and oxygen atoms in total. The number of hydrogen-bond acceptors (Lipinski definition) is 9. The molecule has 2 aromatic carbocycles. The fraction of sp³-hybridized carbons (Fsp3) is 0.0882. The van der Waals surface area contributed by atoms with Gasteiger partial charge in [0.1, 0.15) is 22.9 Å². The fourth-order valence-electron chi connectivity index (χ4n) is 4.80. The van der Waals surface area contributed by atoms with Crippen LogP contribution in [0.2, 0.25) is 0 Å². The highest BCUT2D eigenvalue weighted by atomic mass is 16.5. The van der Waals surface area contributed by atoms with Gasteiger partial charge in [0.25, 0.3) is 11.5 Å². The van der Waals surface area contributed by atoms with E-state index in [2.05, 4.69) is 25.3 Å². The lowest BCUT2D eigenvalue weighted by Gasteiger charge is -2.23. The highest BCUT2D eigenvalue weighted by molar-refractivity contribution is 6.09. The van der Waals surface area contributed by atoms with Crippen molar-refractivity contribution in [1.29, 1.82) is 0 Å². The fourth-order valence-corrected chi connectivity index (χ4v) is 4.80. The van der Waals surface area contributed by atoms with Crippen molar-refractivity contribution in [2.75, 3.05) is 24.4 Å². The van der Waals surface area contributed by atoms with E-state index in [0.717, 1.165) is 10.9 Å². The molecule has 0 aliphatic heterocycles. The summed E-state index contributed by atoms with van der Waals surface area (Å²) in [6.07, 6.45) is 7.89. The molecule has 0 saturated heterocycles. The Kier molecular flexibility index (Phi) is 8.31. The molecule has 0 aliphatic carbocycles. The molecule has 6 rings (SSSR count). The molecule has 4 heterocycles. The molecule has 0 aliphatic rings. The number of methoxy groups -OCH3 is 2. The van der Waals surface area contributed by atoms with Crippen LogP contribution in [0, 0.1) is 0 Å². The molecule has 11 heteroatoms. The van der Waals surface area contributed by atoms with Gasteiger partial charge < -0.3 is 24.5 Å². The van der Waals surface area contributed by atoms with Crippen LogP contribution in [-0.2, 0) is 6.54 Å². The first-order valence-electron chi connectivity index (χ1n) is 13.9.